The molecule has 3 unspecified atom stereocenters. The predicted octanol–water partition coefficient (Wildman–Crippen LogP) is 5.77. The summed E-state index contributed by atoms with van der Waals surface area (Å²) < 4.78 is 5.74. The van der Waals surface area contributed by atoms with E-state index in [0.29, 0.717) is 12.8 Å². The summed E-state index contributed by atoms with van der Waals surface area (Å²) in [6, 6.07) is 0. The van der Waals surface area contributed by atoms with Crippen LogP contribution >= 0.6 is 0 Å². The van der Waals surface area contributed by atoms with Gasteiger partial charge in [0.2, 0.25) is 0 Å². The second-order valence-corrected chi connectivity index (χ2v) is 11.1. The molecule has 0 bridgehead atoms. The highest BCUT2D eigenvalue weighted by molar-refractivity contribution is 5.86. The summed E-state index contributed by atoms with van der Waals surface area (Å²) >= 11 is 0. The maximum absolute atomic E-state index is 12.7. The molecule has 0 heterocycles. The van der Waals surface area contributed by atoms with Crippen molar-refractivity contribution >= 4 is 23.9 Å². The average molecular weight is 487 g/mol. The number of ether oxygens (including phenoxy) is 1. The number of rotatable bonds is 19. The van der Waals surface area contributed by atoms with Crippen LogP contribution in [0.2, 0.25) is 0 Å². The first-order valence-electron chi connectivity index (χ1n) is 12.5. The standard InChI is InChI=1S/C26H46O8/c1-7-9-10-11-12-13-26(5,6)17-18(16-25(3,4)8-2)34-22(29)15-20(24(32)33)19(23(30)31)14-21(27)28/h18-20H,7-17H2,1-6H3,(H,27,28)(H,30,31)(H,32,33). The molecule has 0 rings (SSSR count). The van der Waals surface area contributed by atoms with Gasteiger partial charge in [0.1, 0.15) is 6.10 Å². The molecule has 34 heavy (non-hydrogen) atoms. The van der Waals surface area contributed by atoms with Gasteiger partial charge in [0.25, 0.3) is 0 Å². The Morgan fingerprint density at radius 1 is 0.735 bits per heavy atom. The first-order chi connectivity index (χ1) is 15.6. The fourth-order valence-electron chi connectivity index (χ4n) is 4.25. The average Bonchev–Trinajstić information content (AvgIpc) is 2.69. The van der Waals surface area contributed by atoms with Crippen LogP contribution in [-0.4, -0.2) is 45.3 Å². The van der Waals surface area contributed by atoms with Crippen LogP contribution in [0, 0.1) is 22.7 Å². The lowest BCUT2D eigenvalue weighted by Crippen LogP contribution is -2.35. The minimum Gasteiger partial charge on any atom is -0.481 e. The van der Waals surface area contributed by atoms with Crippen molar-refractivity contribution < 1.29 is 39.2 Å². The zero-order chi connectivity index (χ0) is 26.5. The first-order valence-corrected chi connectivity index (χ1v) is 12.5. The van der Waals surface area contributed by atoms with Gasteiger partial charge in [-0.1, -0.05) is 80.1 Å². The highest BCUT2D eigenvalue weighted by Gasteiger charge is 2.38. The van der Waals surface area contributed by atoms with E-state index in [1.807, 2.05) is 0 Å². The maximum atomic E-state index is 12.7. The molecule has 0 aromatic heterocycles. The van der Waals surface area contributed by atoms with E-state index in [1.165, 1.54) is 19.3 Å². The molecule has 3 N–H and O–H groups in total. The zero-order valence-electron chi connectivity index (χ0n) is 21.9. The second kappa shape index (κ2) is 15.0. The lowest BCUT2D eigenvalue weighted by atomic mass is 9.76. The molecule has 8 nitrogen and oxygen atoms in total. The van der Waals surface area contributed by atoms with Gasteiger partial charge in [-0.15, -0.1) is 0 Å². The Kier molecular flexibility index (Phi) is 14.1. The number of carbonyl (C=O) groups is 4. The van der Waals surface area contributed by atoms with Gasteiger partial charge >= 0.3 is 23.9 Å². The van der Waals surface area contributed by atoms with E-state index in [0.717, 1.165) is 25.7 Å². The van der Waals surface area contributed by atoms with Gasteiger partial charge in [0, 0.05) is 0 Å². The topological polar surface area (TPSA) is 138 Å². The van der Waals surface area contributed by atoms with E-state index in [-0.39, 0.29) is 10.8 Å². The molecule has 0 aromatic carbocycles. The lowest BCUT2D eigenvalue weighted by molar-refractivity contribution is -0.164. The number of carboxylic acids is 3. The molecule has 0 spiro atoms. The van der Waals surface area contributed by atoms with Crippen LogP contribution in [0.4, 0.5) is 0 Å². The van der Waals surface area contributed by atoms with Crippen molar-refractivity contribution in [2.45, 2.75) is 118 Å². The molecule has 0 amide bonds. The Balaban J connectivity index is 5.41. The molecular formula is C26H46O8. The fourth-order valence-corrected chi connectivity index (χ4v) is 4.25. The van der Waals surface area contributed by atoms with Crippen molar-refractivity contribution in [2.75, 3.05) is 0 Å². The Morgan fingerprint density at radius 2 is 1.24 bits per heavy atom. The van der Waals surface area contributed by atoms with Crippen LogP contribution in [-0.2, 0) is 23.9 Å². The Labute approximate surface area is 204 Å². The molecule has 0 aliphatic rings. The number of esters is 1. The molecule has 0 saturated carbocycles. The van der Waals surface area contributed by atoms with Gasteiger partial charge in [-0.25, -0.2) is 0 Å². The molecule has 3 atom stereocenters. The van der Waals surface area contributed by atoms with Crippen LogP contribution < -0.4 is 0 Å². The number of aliphatic carboxylic acids is 3. The van der Waals surface area contributed by atoms with Gasteiger partial charge in [0.05, 0.1) is 24.7 Å². The van der Waals surface area contributed by atoms with Crippen LogP contribution in [0.5, 0.6) is 0 Å². The third-order valence-corrected chi connectivity index (χ3v) is 6.67. The summed E-state index contributed by atoms with van der Waals surface area (Å²) in [6.07, 6.45) is 6.91. The minimum absolute atomic E-state index is 0.0832. The third-order valence-electron chi connectivity index (χ3n) is 6.67. The van der Waals surface area contributed by atoms with Crippen molar-refractivity contribution in [3.05, 3.63) is 0 Å². The Bertz CT molecular complexity index is 668. The largest absolute Gasteiger partial charge is 0.481 e. The summed E-state index contributed by atoms with van der Waals surface area (Å²) in [7, 11) is 0. The van der Waals surface area contributed by atoms with Gasteiger partial charge in [-0.2, -0.15) is 0 Å². The van der Waals surface area contributed by atoms with Crippen LogP contribution in [0.25, 0.3) is 0 Å². The van der Waals surface area contributed by atoms with Crippen LogP contribution in [0.15, 0.2) is 0 Å². The molecule has 0 fully saturated rings. The van der Waals surface area contributed by atoms with Crippen molar-refractivity contribution in [3.63, 3.8) is 0 Å². The van der Waals surface area contributed by atoms with Crippen molar-refractivity contribution in [1.82, 2.24) is 0 Å². The number of hydrogen-bond acceptors (Lipinski definition) is 5. The Morgan fingerprint density at radius 3 is 1.71 bits per heavy atom. The number of hydrogen-bond donors (Lipinski definition) is 3. The highest BCUT2D eigenvalue weighted by Crippen LogP contribution is 2.36. The minimum atomic E-state index is -1.72. The quantitative estimate of drug-likeness (QED) is 0.154. The van der Waals surface area contributed by atoms with Crippen LogP contribution in [0.3, 0.4) is 0 Å². The molecule has 0 radical (unpaired) electrons. The molecular weight excluding hydrogens is 440 g/mol. The highest BCUT2D eigenvalue weighted by atomic mass is 16.5. The van der Waals surface area contributed by atoms with E-state index in [4.69, 9.17) is 9.84 Å². The summed E-state index contributed by atoms with van der Waals surface area (Å²) in [5.41, 5.74) is -0.179. The van der Waals surface area contributed by atoms with Crippen LogP contribution in [0.1, 0.15) is 112 Å². The van der Waals surface area contributed by atoms with E-state index in [1.54, 1.807) is 0 Å². The molecule has 0 aromatic rings. The molecule has 198 valence electrons. The SMILES string of the molecule is CCCCCCCC(C)(C)CC(CC(C)(C)CC)OC(=O)CC(C(=O)O)C(CC(=O)O)C(=O)O. The van der Waals surface area contributed by atoms with Crippen molar-refractivity contribution in [1.29, 1.82) is 0 Å². The fraction of sp³-hybridized carbons (Fsp3) is 0.846. The zero-order valence-corrected chi connectivity index (χ0v) is 21.9. The summed E-state index contributed by atoms with van der Waals surface area (Å²) in [5.74, 6) is -8.71. The molecule has 0 aliphatic carbocycles. The second-order valence-electron chi connectivity index (χ2n) is 11.1. The van der Waals surface area contributed by atoms with Gasteiger partial charge in [0.15, 0.2) is 0 Å². The van der Waals surface area contributed by atoms with Gasteiger partial charge < -0.3 is 20.1 Å². The molecule has 8 heteroatoms. The summed E-state index contributed by atoms with van der Waals surface area (Å²) in [6.45, 7) is 12.7. The number of carboxylic acid groups (broad SMARTS) is 3. The Hall–Kier alpha value is -2.12. The number of carbonyl (C=O) groups excluding carboxylic acids is 1. The first kappa shape index (κ1) is 31.9. The lowest BCUT2D eigenvalue weighted by Gasteiger charge is -2.34. The predicted molar refractivity (Wildman–Crippen MR) is 129 cm³/mol. The normalized spacial score (nSPS) is 14.8. The molecule has 0 aliphatic heterocycles. The van der Waals surface area contributed by atoms with Gasteiger partial charge in [-0.3, -0.25) is 19.2 Å². The third kappa shape index (κ3) is 13.6. The van der Waals surface area contributed by atoms with E-state index >= 15 is 0 Å². The number of unbranched alkanes of at least 4 members (excludes halogenated alkanes) is 4. The monoisotopic (exact) mass is 486 g/mol. The van der Waals surface area contributed by atoms with E-state index in [2.05, 4.69) is 41.5 Å². The smallest absolute Gasteiger partial charge is 0.307 e. The molecule has 0 saturated heterocycles. The maximum Gasteiger partial charge on any atom is 0.307 e. The van der Waals surface area contributed by atoms with Crippen molar-refractivity contribution in [3.8, 4) is 0 Å². The summed E-state index contributed by atoms with van der Waals surface area (Å²) in [4.78, 5) is 46.9. The van der Waals surface area contributed by atoms with Gasteiger partial charge in [-0.05, 0) is 30.1 Å². The van der Waals surface area contributed by atoms with Crippen molar-refractivity contribution in [2.24, 2.45) is 22.7 Å². The summed E-state index contributed by atoms with van der Waals surface area (Å²) in [5, 5.41) is 27.8. The van der Waals surface area contributed by atoms with E-state index < -0.39 is 54.7 Å². The van der Waals surface area contributed by atoms with E-state index in [9.17, 15) is 29.4 Å².